The largest absolute Gasteiger partial charge is 0.481 e. The van der Waals surface area contributed by atoms with Crippen LogP contribution < -0.4 is 11.5 Å². The Morgan fingerprint density at radius 2 is 1.33 bits per heavy atom. The number of carboxylic acid groups (broad SMARTS) is 1. The second kappa shape index (κ2) is 8.39. The lowest BCUT2D eigenvalue weighted by molar-refractivity contribution is -0.151. The van der Waals surface area contributed by atoms with Crippen molar-refractivity contribution >= 4 is 5.97 Å². The van der Waals surface area contributed by atoms with Crippen molar-refractivity contribution in [1.29, 1.82) is 0 Å². The third-order valence-corrected chi connectivity index (χ3v) is 4.30. The predicted molar refractivity (Wildman–Crippen MR) is 94.0 cm³/mol. The molecule has 0 saturated heterocycles. The van der Waals surface area contributed by atoms with Gasteiger partial charge in [0.15, 0.2) is 0 Å². The first-order valence-electron chi connectivity index (χ1n) is 7.97. The Hall–Kier alpha value is -1.73. The van der Waals surface area contributed by atoms with Gasteiger partial charge in [-0.3, -0.25) is 4.79 Å². The number of rotatable bonds is 4. The van der Waals surface area contributed by atoms with Crippen LogP contribution in [-0.4, -0.2) is 45.6 Å². The van der Waals surface area contributed by atoms with Gasteiger partial charge in [-0.15, -0.1) is 0 Å². The molecule has 0 amide bonds. The minimum absolute atomic E-state index is 0.597. The van der Waals surface area contributed by atoms with Crippen LogP contribution in [0.15, 0.2) is 48.6 Å². The summed E-state index contributed by atoms with van der Waals surface area (Å²) >= 11 is 0. The highest BCUT2D eigenvalue weighted by molar-refractivity contribution is 5.72. The van der Waals surface area contributed by atoms with E-state index in [1.807, 2.05) is 0 Å². The number of aliphatic hydroxyl groups is 2. The molecule has 0 saturated carbocycles. The zero-order chi connectivity index (χ0) is 18.4. The number of carbonyl (C=O) groups is 1. The maximum Gasteiger partial charge on any atom is 0.307 e. The lowest BCUT2D eigenvalue weighted by Crippen LogP contribution is -2.49. The lowest BCUT2D eigenvalue weighted by Gasteiger charge is -2.41. The molecule has 134 valence electrons. The molecule has 4 atom stereocenters. The fourth-order valence-corrected chi connectivity index (χ4v) is 2.98. The van der Waals surface area contributed by atoms with Crippen LogP contribution in [0, 0.1) is 17.8 Å². The van der Waals surface area contributed by atoms with Gasteiger partial charge in [0, 0.05) is 24.9 Å². The van der Waals surface area contributed by atoms with E-state index < -0.39 is 34.9 Å². The normalized spacial score (nSPS) is 35.2. The lowest BCUT2D eigenvalue weighted by atomic mass is 9.66. The smallest absolute Gasteiger partial charge is 0.307 e. The Morgan fingerprint density at radius 1 is 0.958 bits per heavy atom. The van der Waals surface area contributed by atoms with Crippen LogP contribution in [0.5, 0.6) is 0 Å². The van der Waals surface area contributed by atoms with Crippen molar-refractivity contribution in [2.45, 2.75) is 25.0 Å². The Balaban J connectivity index is 0.000000648. The van der Waals surface area contributed by atoms with E-state index in [1.165, 1.54) is 0 Å². The topological polar surface area (TPSA) is 130 Å². The quantitative estimate of drug-likeness (QED) is 0.510. The molecular weight excluding hydrogens is 308 g/mol. The molecule has 24 heavy (non-hydrogen) atoms. The summed E-state index contributed by atoms with van der Waals surface area (Å²) in [6.07, 6.45) is 13.4. The van der Waals surface area contributed by atoms with Crippen LogP contribution >= 0.6 is 0 Å². The second-order valence-corrected chi connectivity index (χ2v) is 6.43. The van der Waals surface area contributed by atoms with Crippen molar-refractivity contribution < 1.29 is 20.1 Å². The van der Waals surface area contributed by atoms with E-state index in [0.717, 1.165) is 0 Å². The van der Waals surface area contributed by atoms with Gasteiger partial charge in [-0.05, 0) is 13.8 Å². The van der Waals surface area contributed by atoms with Crippen molar-refractivity contribution in [2.24, 2.45) is 29.2 Å². The number of aliphatic carboxylic acids is 1. The minimum Gasteiger partial charge on any atom is -0.481 e. The molecule has 0 aromatic rings. The molecule has 6 heteroatoms. The molecule has 6 nitrogen and oxygen atoms in total. The van der Waals surface area contributed by atoms with E-state index in [4.69, 9.17) is 11.5 Å². The number of carboxylic acids is 1. The number of hydrogen-bond acceptors (Lipinski definition) is 5. The molecule has 0 bridgehead atoms. The molecule has 0 fully saturated rings. The predicted octanol–water partition coefficient (Wildman–Crippen LogP) is 0.577. The zero-order valence-electron chi connectivity index (χ0n) is 14.2. The first kappa shape index (κ1) is 20.3. The maximum absolute atomic E-state index is 11.7. The average Bonchev–Trinajstić information content (AvgIpc) is 2.50. The molecule has 2 aliphatic rings. The monoisotopic (exact) mass is 336 g/mol. The van der Waals surface area contributed by atoms with Crippen LogP contribution in [0.4, 0.5) is 0 Å². The van der Waals surface area contributed by atoms with Crippen molar-refractivity contribution in [3.63, 3.8) is 0 Å². The number of allylic oxidation sites excluding steroid dienone is 4. The van der Waals surface area contributed by atoms with E-state index in [2.05, 4.69) is 0 Å². The van der Waals surface area contributed by atoms with Crippen LogP contribution in [0.2, 0.25) is 0 Å². The molecule has 0 aliphatic heterocycles. The summed E-state index contributed by atoms with van der Waals surface area (Å²) in [6, 6.07) is 0. The van der Waals surface area contributed by atoms with Crippen molar-refractivity contribution in [3.05, 3.63) is 48.6 Å². The van der Waals surface area contributed by atoms with Gasteiger partial charge >= 0.3 is 5.97 Å². The minimum atomic E-state index is -1.25. The van der Waals surface area contributed by atoms with Crippen LogP contribution in [0.3, 0.4) is 0 Å². The van der Waals surface area contributed by atoms with Gasteiger partial charge in [0.25, 0.3) is 0 Å². The highest BCUT2D eigenvalue weighted by Crippen LogP contribution is 2.41. The molecule has 2 rings (SSSR count). The summed E-state index contributed by atoms with van der Waals surface area (Å²) in [5.41, 5.74) is 7.31. The fourth-order valence-electron chi connectivity index (χ4n) is 2.98. The molecule has 4 unspecified atom stereocenters. The summed E-state index contributed by atoms with van der Waals surface area (Å²) < 4.78 is 0. The van der Waals surface area contributed by atoms with E-state index in [-0.39, 0.29) is 0 Å². The standard InChI is InChI=1S/C16H20O4.C2H8N2/c1-15(19)9-5-3-7-11(15)13(14(17)18)12-8-4-6-10-16(12,2)20;3-1-2-4/h3-13,19-20H,1-2H3,(H,17,18);1-4H2. The van der Waals surface area contributed by atoms with Crippen molar-refractivity contribution in [2.75, 3.05) is 13.1 Å². The number of hydrogen-bond donors (Lipinski definition) is 5. The highest BCUT2D eigenvalue weighted by Gasteiger charge is 2.47. The van der Waals surface area contributed by atoms with Crippen molar-refractivity contribution in [1.82, 2.24) is 0 Å². The Morgan fingerprint density at radius 3 is 1.58 bits per heavy atom. The van der Waals surface area contributed by atoms with Gasteiger partial charge in [-0.2, -0.15) is 0 Å². The second-order valence-electron chi connectivity index (χ2n) is 6.43. The fraction of sp³-hybridized carbons (Fsp3) is 0.500. The van der Waals surface area contributed by atoms with Gasteiger partial charge in [0.2, 0.25) is 0 Å². The first-order chi connectivity index (χ1) is 11.2. The van der Waals surface area contributed by atoms with E-state index in [9.17, 15) is 20.1 Å². The summed E-state index contributed by atoms with van der Waals surface area (Å²) in [6.45, 7) is 4.37. The van der Waals surface area contributed by atoms with Gasteiger partial charge in [0.05, 0.1) is 17.1 Å². The first-order valence-corrected chi connectivity index (χ1v) is 7.97. The van der Waals surface area contributed by atoms with E-state index >= 15 is 0 Å². The molecule has 0 aromatic carbocycles. The van der Waals surface area contributed by atoms with E-state index in [1.54, 1.807) is 62.5 Å². The van der Waals surface area contributed by atoms with Crippen LogP contribution in [0.1, 0.15) is 13.8 Å². The Bertz CT molecular complexity index is 505. The van der Waals surface area contributed by atoms with Gasteiger partial charge in [0.1, 0.15) is 0 Å². The molecule has 7 N–H and O–H groups in total. The molecule has 2 aliphatic carbocycles. The summed E-state index contributed by atoms with van der Waals surface area (Å²) in [4.78, 5) is 11.7. The highest BCUT2D eigenvalue weighted by atomic mass is 16.4. The van der Waals surface area contributed by atoms with Crippen molar-refractivity contribution in [3.8, 4) is 0 Å². The molecule has 0 heterocycles. The van der Waals surface area contributed by atoms with Gasteiger partial charge in [-0.1, -0.05) is 48.6 Å². The van der Waals surface area contributed by atoms with Crippen LogP contribution in [0.25, 0.3) is 0 Å². The van der Waals surface area contributed by atoms with Gasteiger partial charge < -0.3 is 26.8 Å². The molecule has 0 aromatic heterocycles. The number of nitrogens with two attached hydrogens (primary N) is 2. The molecule has 0 radical (unpaired) electrons. The summed E-state index contributed by atoms with van der Waals surface area (Å²) in [7, 11) is 0. The summed E-state index contributed by atoms with van der Waals surface area (Å²) in [5, 5.41) is 30.5. The third-order valence-electron chi connectivity index (χ3n) is 4.30. The summed E-state index contributed by atoms with van der Waals surface area (Å²) in [5.74, 6) is -3.14. The van der Waals surface area contributed by atoms with Crippen LogP contribution in [-0.2, 0) is 4.79 Å². The SMILES string of the molecule is CC1(O)C=CC=CC1C(C(=O)O)C1C=CC=CC1(C)O.NCCN. The molecular formula is C18H28N2O4. The Labute approximate surface area is 142 Å². The third kappa shape index (κ3) is 4.88. The van der Waals surface area contributed by atoms with E-state index in [0.29, 0.717) is 13.1 Å². The molecule has 0 spiro atoms. The van der Waals surface area contributed by atoms with Gasteiger partial charge in [-0.25, -0.2) is 0 Å². The average molecular weight is 336 g/mol. The Kier molecular flexibility index (Phi) is 7.10. The maximum atomic E-state index is 11.7. The zero-order valence-corrected chi connectivity index (χ0v) is 14.2.